The van der Waals surface area contributed by atoms with Gasteiger partial charge in [-0.05, 0) is 41.1 Å². The molecule has 0 fully saturated rings. The molecule has 4 aromatic rings. The first-order valence-electron chi connectivity index (χ1n) is 7.50. The molecule has 0 spiro atoms. The molecule has 5 heteroatoms. The molecule has 0 unspecified atom stereocenters. The van der Waals surface area contributed by atoms with Crippen molar-refractivity contribution in [2.24, 2.45) is 0 Å². The van der Waals surface area contributed by atoms with Gasteiger partial charge in [-0.2, -0.15) is 0 Å². The van der Waals surface area contributed by atoms with Crippen LogP contribution in [0, 0.1) is 6.92 Å². The molecule has 118 valence electrons. The third-order valence-corrected chi connectivity index (χ3v) is 3.86. The summed E-state index contributed by atoms with van der Waals surface area (Å²) in [6.45, 7) is 1.77. The lowest BCUT2D eigenvalue weighted by Gasteiger charge is -2.08. The normalized spacial score (nSPS) is 11.0. The van der Waals surface area contributed by atoms with Gasteiger partial charge in [0.25, 0.3) is 5.91 Å². The number of aromatic nitrogens is 1. The minimum Gasteiger partial charge on any atom is -0.507 e. The predicted molar refractivity (Wildman–Crippen MR) is 92.3 cm³/mol. The maximum atomic E-state index is 12.5. The number of anilines is 1. The van der Waals surface area contributed by atoms with Crippen molar-refractivity contribution in [3.63, 3.8) is 0 Å². The van der Waals surface area contributed by atoms with Crippen molar-refractivity contribution in [3.8, 4) is 5.75 Å². The van der Waals surface area contributed by atoms with Gasteiger partial charge in [0.15, 0.2) is 11.5 Å². The summed E-state index contributed by atoms with van der Waals surface area (Å²) < 4.78 is 5.42. The lowest BCUT2D eigenvalue weighted by Crippen LogP contribution is -2.12. The number of aryl methyl sites for hydroxylation is 1. The van der Waals surface area contributed by atoms with Crippen LogP contribution in [0.5, 0.6) is 5.75 Å². The Morgan fingerprint density at radius 2 is 1.83 bits per heavy atom. The molecule has 0 aliphatic heterocycles. The molecule has 4 rings (SSSR count). The summed E-state index contributed by atoms with van der Waals surface area (Å²) in [7, 11) is 0. The largest absolute Gasteiger partial charge is 0.507 e. The number of benzene rings is 3. The minimum atomic E-state index is -0.377. The number of fused-ring (bicyclic) bond motifs is 2. The van der Waals surface area contributed by atoms with Crippen molar-refractivity contribution in [2.45, 2.75) is 6.92 Å². The number of aromatic hydroxyl groups is 1. The molecule has 1 heterocycles. The molecule has 1 aromatic heterocycles. The smallest absolute Gasteiger partial charge is 0.259 e. The Morgan fingerprint density at radius 1 is 1.08 bits per heavy atom. The van der Waals surface area contributed by atoms with Crippen molar-refractivity contribution in [1.82, 2.24) is 4.98 Å². The van der Waals surface area contributed by atoms with Crippen molar-refractivity contribution in [3.05, 3.63) is 66.1 Å². The molecule has 0 aliphatic carbocycles. The number of nitrogens with one attached hydrogen (secondary N) is 1. The SMILES string of the molecule is Cc1nc2cc(NC(=O)c3cc4ccccc4cc3O)ccc2o1. The fourth-order valence-corrected chi connectivity index (χ4v) is 2.73. The molecule has 2 N–H and O–H groups in total. The number of hydrogen-bond acceptors (Lipinski definition) is 4. The van der Waals surface area contributed by atoms with E-state index < -0.39 is 0 Å². The second-order valence-electron chi connectivity index (χ2n) is 5.59. The number of oxazole rings is 1. The predicted octanol–water partition coefficient (Wildman–Crippen LogP) is 4.25. The molecule has 0 bridgehead atoms. The fraction of sp³-hybridized carbons (Fsp3) is 0.0526. The van der Waals surface area contributed by atoms with E-state index >= 15 is 0 Å². The Bertz CT molecular complexity index is 1080. The molecule has 0 atom stereocenters. The molecule has 0 radical (unpaired) electrons. The molecular weight excluding hydrogens is 304 g/mol. The van der Waals surface area contributed by atoms with Gasteiger partial charge in [0.1, 0.15) is 11.3 Å². The van der Waals surface area contributed by atoms with Gasteiger partial charge in [-0.15, -0.1) is 0 Å². The zero-order chi connectivity index (χ0) is 16.7. The molecule has 0 aliphatic rings. The quantitative estimate of drug-likeness (QED) is 0.579. The first kappa shape index (κ1) is 14.3. The maximum Gasteiger partial charge on any atom is 0.259 e. The third kappa shape index (κ3) is 2.46. The average molecular weight is 318 g/mol. The van der Waals surface area contributed by atoms with Crippen LogP contribution >= 0.6 is 0 Å². The van der Waals surface area contributed by atoms with Crippen LogP contribution in [0.4, 0.5) is 5.69 Å². The Kier molecular flexibility index (Phi) is 3.20. The summed E-state index contributed by atoms with van der Waals surface area (Å²) in [5.74, 6) is 0.142. The first-order chi connectivity index (χ1) is 11.6. The molecule has 0 saturated carbocycles. The molecule has 5 nitrogen and oxygen atoms in total. The Morgan fingerprint density at radius 3 is 2.62 bits per heavy atom. The number of amides is 1. The first-order valence-corrected chi connectivity index (χ1v) is 7.50. The molecule has 0 saturated heterocycles. The van der Waals surface area contributed by atoms with Crippen LogP contribution in [0.1, 0.15) is 16.2 Å². The average Bonchev–Trinajstić information content (AvgIpc) is 2.93. The summed E-state index contributed by atoms with van der Waals surface area (Å²) >= 11 is 0. The highest BCUT2D eigenvalue weighted by molar-refractivity contribution is 6.09. The highest BCUT2D eigenvalue weighted by Gasteiger charge is 2.13. The molecular formula is C19H14N2O3. The monoisotopic (exact) mass is 318 g/mol. The van der Waals surface area contributed by atoms with Gasteiger partial charge >= 0.3 is 0 Å². The molecule has 24 heavy (non-hydrogen) atoms. The second-order valence-corrected chi connectivity index (χ2v) is 5.59. The number of phenolic OH excluding ortho intramolecular Hbond substituents is 1. The topological polar surface area (TPSA) is 75.4 Å². The van der Waals surface area contributed by atoms with E-state index in [0.29, 0.717) is 22.7 Å². The van der Waals surface area contributed by atoms with Crippen molar-refractivity contribution in [1.29, 1.82) is 0 Å². The second kappa shape index (κ2) is 5.38. The highest BCUT2D eigenvalue weighted by atomic mass is 16.3. The zero-order valence-corrected chi connectivity index (χ0v) is 12.9. The summed E-state index contributed by atoms with van der Waals surface area (Å²) in [5.41, 5.74) is 2.16. The van der Waals surface area contributed by atoms with E-state index in [1.54, 1.807) is 37.3 Å². The van der Waals surface area contributed by atoms with Gasteiger partial charge in [0.05, 0.1) is 5.56 Å². The highest BCUT2D eigenvalue weighted by Crippen LogP contribution is 2.26. The van der Waals surface area contributed by atoms with Crippen LogP contribution in [0.2, 0.25) is 0 Å². The number of rotatable bonds is 2. The van der Waals surface area contributed by atoms with Gasteiger partial charge in [0, 0.05) is 12.6 Å². The standard InChI is InChI=1S/C19H14N2O3/c1-11-20-16-10-14(6-7-18(16)24-11)21-19(23)15-8-12-4-2-3-5-13(12)9-17(15)22/h2-10,22H,1H3,(H,21,23). The van der Waals surface area contributed by atoms with Crippen molar-refractivity contribution >= 4 is 33.5 Å². The van der Waals surface area contributed by atoms with Gasteiger partial charge in [0.2, 0.25) is 0 Å². The number of carbonyl (C=O) groups is 1. The van der Waals surface area contributed by atoms with Crippen molar-refractivity contribution in [2.75, 3.05) is 5.32 Å². The van der Waals surface area contributed by atoms with E-state index in [2.05, 4.69) is 10.3 Å². The summed E-state index contributed by atoms with van der Waals surface area (Å²) in [6.07, 6.45) is 0. The van der Waals surface area contributed by atoms with E-state index in [9.17, 15) is 9.90 Å². The number of hydrogen-bond donors (Lipinski definition) is 2. The summed E-state index contributed by atoms with van der Waals surface area (Å²) in [5, 5.41) is 14.7. The van der Waals surface area contributed by atoms with E-state index in [-0.39, 0.29) is 17.2 Å². The van der Waals surface area contributed by atoms with Crippen LogP contribution in [-0.4, -0.2) is 16.0 Å². The van der Waals surface area contributed by atoms with Gasteiger partial charge < -0.3 is 14.8 Å². The van der Waals surface area contributed by atoms with E-state index in [0.717, 1.165) is 10.8 Å². The van der Waals surface area contributed by atoms with Gasteiger partial charge in [-0.3, -0.25) is 4.79 Å². The van der Waals surface area contributed by atoms with E-state index in [1.165, 1.54) is 0 Å². The van der Waals surface area contributed by atoms with Crippen molar-refractivity contribution < 1.29 is 14.3 Å². The van der Waals surface area contributed by atoms with E-state index in [4.69, 9.17) is 4.42 Å². The summed E-state index contributed by atoms with van der Waals surface area (Å²) in [6, 6.07) is 16.1. The zero-order valence-electron chi connectivity index (χ0n) is 12.9. The maximum absolute atomic E-state index is 12.5. The van der Waals surface area contributed by atoms with Gasteiger partial charge in [-0.25, -0.2) is 4.98 Å². The summed E-state index contributed by atoms with van der Waals surface area (Å²) in [4.78, 5) is 16.7. The van der Waals surface area contributed by atoms with Crippen LogP contribution in [0.25, 0.3) is 21.9 Å². The minimum absolute atomic E-state index is 0.0513. The Hall–Kier alpha value is -3.34. The number of nitrogens with zero attached hydrogens (tertiary/aromatic N) is 1. The molecule has 1 amide bonds. The van der Waals surface area contributed by atoms with Gasteiger partial charge in [-0.1, -0.05) is 24.3 Å². The van der Waals surface area contributed by atoms with E-state index in [1.807, 2.05) is 24.3 Å². The van der Waals surface area contributed by atoms with Crippen LogP contribution in [0.3, 0.4) is 0 Å². The number of phenols is 1. The Labute approximate surface area is 137 Å². The lowest BCUT2D eigenvalue weighted by molar-refractivity contribution is 0.102. The number of carbonyl (C=O) groups excluding carboxylic acids is 1. The lowest BCUT2D eigenvalue weighted by atomic mass is 10.1. The Balaban J connectivity index is 1.68. The fourth-order valence-electron chi connectivity index (χ4n) is 2.73. The van der Waals surface area contributed by atoms with Crippen LogP contribution in [-0.2, 0) is 0 Å². The van der Waals surface area contributed by atoms with Crippen LogP contribution in [0.15, 0.2) is 59.0 Å². The molecule has 3 aromatic carbocycles. The van der Waals surface area contributed by atoms with Crippen LogP contribution < -0.4 is 5.32 Å². The third-order valence-electron chi connectivity index (χ3n) is 3.86.